The average Bonchev–Trinajstić information content (AvgIpc) is 3.31. The summed E-state index contributed by atoms with van der Waals surface area (Å²) in [7, 11) is 0. The molecule has 0 saturated carbocycles. The van der Waals surface area contributed by atoms with E-state index in [4.69, 9.17) is 4.98 Å². The van der Waals surface area contributed by atoms with Gasteiger partial charge in [-0.1, -0.05) is 39.8 Å². The number of aromatic nitrogens is 3. The topological polar surface area (TPSA) is 79.0 Å². The number of Topliss-reactive ketones (excluding diaryl/α,β-unsaturated/α-hetero) is 2. The number of benzene rings is 1. The second-order valence-electron chi connectivity index (χ2n) is 9.57. The Morgan fingerprint density at radius 1 is 1.23 bits per heavy atom. The van der Waals surface area contributed by atoms with E-state index in [9.17, 15) is 9.59 Å². The van der Waals surface area contributed by atoms with Crippen LogP contribution in [-0.2, 0) is 4.79 Å². The van der Waals surface area contributed by atoms with Crippen LogP contribution in [0.5, 0.6) is 0 Å². The van der Waals surface area contributed by atoms with Crippen LogP contribution in [0, 0.1) is 10.8 Å². The molecule has 0 bridgehead atoms. The molecular formula is C24H28N4O2. The minimum Gasteiger partial charge on any atom is -0.370 e. The lowest BCUT2D eigenvalue weighted by atomic mass is 9.86. The molecule has 1 aromatic carbocycles. The SMILES string of the molecule is CC(=O)C1(C)CCN(c2cccc(-c3cnc4[nH]cc(C(=O)C(C)(C)C)c4n3)c2)C1. The summed E-state index contributed by atoms with van der Waals surface area (Å²) in [5.74, 6) is 0.274. The number of anilines is 1. The molecule has 1 aliphatic heterocycles. The van der Waals surface area contributed by atoms with Gasteiger partial charge in [0.2, 0.25) is 0 Å². The van der Waals surface area contributed by atoms with Gasteiger partial charge in [0, 0.05) is 41.4 Å². The van der Waals surface area contributed by atoms with E-state index >= 15 is 0 Å². The Bertz CT molecular complexity index is 1140. The number of fused-ring (bicyclic) bond motifs is 1. The van der Waals surface area contributed by atoms with Crippen LogP contribution in [-0.4, -0.2) is 39.6 Å². The van der Waals surface area contributed by atoms with E-state index in [1.807, 2.05) is 39.8 Å². The molecule has 30 heavy (non-hydrogen) atoms. The van der Waals surface area contributed by atoms with E-state index in [1.165, 1.54) is 0 Å². The zero-order valence-corrected chi connectivity index (χ0v) is 18.2. The Hall–Kier alpha value is -3.02. The molecule has 3 heterocycles. The second kappa shape index (κ2) is 7.04. The highest BCUT2D eigenvalue weighted by Gasteiger charge is 2.37. The van der Waals surface area contributed by atoms with Gasteiger partial charge in [-0.05, 0) is 25.5 Å². The van der Waals surface area contributed by atoms with Gasteiger partial charge in [0.15, 0.2) is 11.4 Å². The minimum atomic E-state index is -0.494. The number of hydrogen-bond donors (Lipinski definition) is 1. The van der Waals surface area contributed by atoms with Gasteiger partial charge in [-0.3, -0.25) is 9.59 Å². The van der Waals surface area contributed by atoms with Crippen LogP contribution < -0.4 is 4.90 Å². The molecule has 1 N–H and O–H groups in total. The van der Waals surface area contributed by atoms with Crippen molar-refractivity contribution in [2.24, 2.45) is 10.8 Å². The fourth-order valence-corrected chi connectivity index (χ4v) is 3.94. The minimum absolute atomic E-state index is 0.0366. The molecule has 4 rings (SSSR count). The van der Waals surface area contributed by atoms with Crippen molar-refractivity contribution in [3.05, 3.63) is 42.2 Å². The van der Waals surface area contributed by atoms with Crippen LogP contribution in [0.25, 0.3) is 22.4 Å². The molecule has 1 saturated heterocycles. The van der Waals surface area contributed by atoms with Gasteiger partial charge in [0.05, 0.1) is 17.5 Å². The van der Waals surface area contributed by atoms with E-state index in [0.29, 0.717) is 16.7 Å². The van der Waals surface area contributed by atoms with Gasteiger partial charge in [-0.2, -0.15) is 0 Å². The highest BCUT2D eigenvalue weighted by molar-refractivity contribution is 6.08. The van der Waals surface area contributed by atoms with Crippen molar-refractivity contribution in [3.63, 3.8) is 0 Å². The van der Waals surface area contributed by atoms with Gasteiger partial charge in [-0.25, -0.2) is 9.97 Å². The zero-order chi connectivity index (χ0) is 21.7. The Balaban J connectivity index is 1.69. The molecule has 156 valence electrons. The van der Waals surface area contributed by atoms with E-state index in [2.05, 4.69) is 27.0 Å². The standard InChI is InChI=1S/C24H28N4O2/c1-15(29)24(5)9-10-28(14-24)17-8-6-7-16(11-17)19-13-26-22-20(27-19)18(12-25-22)21(30)23(2,3)4/h6-8,11-13H,9-10,14H2,1-5H3,(H,25,26). The normalized spacial score (nSPS) is 19.4. The maximum absolute atomic E-state index is 12.8. The van der Waals surface area contributed by atoms with Crippen molar-refractivity contribution in [2.45, 2.75) is 41.0 Å². The summed E-state index contributed by atoms with van der Waals surface area (Å²) in [4.78, 5) is 39.4. The third kappa shape index (κ3) is 3.51. The van der Waals surface area contributed by atoms with Crippen LogP contribution in [0.4, 0.5) is 5.69 Å². The molecule has 0 radical (unpaired) electrons. The molecule has 1 atom stereocenters. The average molecular weight is 405 g/mol. The summed E-state index contributed by atoms with van der Waals surface area (Å²) in [5, 5.41) is 0. The third-order valence-electron chi connectivity index (χ3n) is 6.14. The highest BCUT2D eigenvalue weighted by atomic mass is 16.1. The molecule has 6 nitrogen and oxygen atoms in total. The van der Waals surface area contributed by atoms with Crippen LogP contribution in [0.15, 0.2) is 36.7 Å². The van der Waals surface area contributed by atoms with Gasteiger partial charge >= 0.3 is 0 Å². The third-order valence-corrected chi connectivity index (χ3v) is 6.14. The lowest BCUT2D eigenvalue weighted by Gasteiger charge is -2.23. The first-order valence-electron chi connectivity index (χ1n) is 10.3. The number of H-pyrrole nitrogens is 1. The molecule has 2 aromatic heterocycles. The van der Waals surface area contributed by atoms with E-state index in [1.54, 1.807) is 19.3 Å². The smallest absolute Gasteiger partial charge is 0.171 e. The molecular weight excluding hydrogens is 376 g/mol. The monoisotopic (exact) mass is 404 g/mol. The first kappa shape index (κ1) is 20.3. The number of aromatic amines is 1. The predicted octanol–water partition coefficient (Wildman–Crippen LogP) is 4.66. The van der Waals surface area contributed by atoms with Crippen molar-refractivity contribution in [3.8, 4) is 11.3 Å². The van der Waals surface area contributed by atoms with Crippen molar-refractivity contribution in [1.82, 2.24) is 15.0 Å². The van der Waals surface area contributed by atoms with Gasteiger partial charge < -0.3 is 9.88 Å². The predicted molar refractivity (Wildman–Crippen MR) is 119 cm³/mol. The number of ketones is 2. The molecule has 1 unspecified atom stereocenters. The van der Waals surface area contributed by atoms with Crippen LogP contribution in [0.2, 0.25) is 0 Å². The molecule has 0 spiro atoms. The molecule has 6 heteroatoms. The Labute approximate surface area is 176 Å². The lowest BCUT2D eigenvalue weighted by Crippen LogP contribution is -2.30. The van der Waals surface area contributed by atoms with Gasteiger partial charge in [0.25, 0.3) is 0 Å². The fraction of sp³-hybridized carbons (Fsp3) is 0.417. The van der Waals surface area contributed by atoms with Crippen molar-refractivity contribution < 1.29 is 9.59 Å². The maximum atomic E-state index is 12.8. The summed E-state index contributed by atoms with van der Waals surface area (Å²) in [5.41, 5.74) is 3.73. The number of rotatable bonds is 4. The number of carbonyl (C=O) groups is 2. The quantitative estimate of drug-likeness (QED) is 0.640. The Morgan fingerprint density at radius 2 is 2.00 bits per heavy atom. The van der Waals surface area contributed by atoms with Crippen molar-refractivity contribution in [1.29, 1.82) is 0 Å². The first-order chi connectivity index (χ1) is 14.1. The van der Waals surface area contributed by atoms with E-state index < -0.39 is 5.41 Å². The summed E-state index contributed by atoms with van der Waals surface area (Å²) in [6.07, 6.45) is 4.29. The Morgan fingerprint density at radius 3 is 2.67 bits per heavy atom. The molecule has 1 aliphatic rings. The van der Waals surface area contributed by atoms with Crippen molar-refractivity contribution in [2.75, 3.05) is 18.0 Å². The van der Waals surface area contributed by atoms with Crippen LogP contribution in [0.1, 0.15) is 51.4 Å². The molecule has 0 aliphatic carbocycles. The summed E-state index contributed by atoms with van der Waals surface area (Å²) in [6, 6.07) is 8.14. The summed E-state index contributed by atoms with van der Waals surface area (Å²) < 4.78 is 0. The zero-order valence-electron chi connectivity index (χ0n) is 18.2. The number of hydrogen-bond acceptors (Lipinski definition) is 5. The fourth-order valence-electron chi connectivity index (χ4n) is 3.94. The van der Waals surface area contributed by atoms with E-state index in [-0.39, 0.29) is 17.0 Å². The molecule has 0 amide bonds. The number of carbonyl (C=O) groups excluding carboxylic acids is 2. The van der Waals surface area contributed by atoms with Crippen molar-refractivity contribution >= 4 is 28.4 Å². The summed E-state index contributed by atoms with van der Waals surface area (Å²) >= 11 is 0. The summed E-state index contributed by atoms with van der Waals surface area (Å²) in [6.45, 7) is 11.0. The first-order valence-corrected chi connectivity index (χ1v) is 10.3. The van der Waals surface area contributed by atoms with Crippen LogP contribution in [0.3, 0.4) is 0 Å². The molecule has 3 aromatic rings. The second-order valence-corrected chi connectivity index (χ2v) is 9.57. The van der Waals surface area contributed by atoms with Gasteiger partial charge in [0.1, 0.15) is 11.3 Å². The van der Waals surface area contributed by atoms with E-state index in [0.717, 1.165) is 36.5 Å². The molecule has 1 fully saturated rings. The number of nitrogens with one attached hydrogen (secondary N) is 1. The number of nitrogens with zero attached hydrogens (tertiary/aromatic N) is 3. The highest BCUT2D eigenvalue weighted by Crippen LogP contribution is 2.35. The maximum Gasteiger partial charge on any atom is 0.171 e. The lowest BCUT2D eigenvalue weighted by molar-refractivity contribution is -0.124. The van der Waals surface area contributed by atoms with Gasteiger partial charge in [-0.15, -0.1) is 0 Å². The Kier molecular flexibility index (Phi) is 4.76. The largest absolute Gasteiger partial charge is 0.370 e. The van der Waals surface area contributed by atoms with Crippen LogP contribution >= 0.6 is 0 Å².